The first-order valence-electron chi connectivity index (χ1n) is 20.8. The molecule has 4 saturated heterocycles. The second-order valence-electron chi connectivity index (χ2n) is 16.3. The van der Waals surface area contributed by atoms with Gasteiger partial charge in [-0.1, -0.05) is 13.8 Å². The number of aliphatic hydroxyl groups is 10. The molecule has 18 N–H and O–H groups in total. The van der Waals surface area contributed by atoms with Crippen molar-refractivity contribution >= 4 is 0 Å². The van der Waals surface area contributed by atoms with Gasteiger partial charge >= 0.3 is 0 Å². The summed E-state index contributed by atoms with van der Waals surface area (Å²) < 4.78 is 43.0. The Morgan fingerprint density at radius 2 is 0.550 bits per heavy atom. The minimum absolute atomic E-state index is 0.0269. The summed E-state index contributed by atoms with van der Waals surface area (Å²) in [6.45, 7) is 17.7. The maximum absolute atomic E-state index is 9.70. The predicted molar refractivity (Wildman–Crippen MR) is 214 cm³/mol. The Morgan fingerprint density at radius 3 is 0.717 bits per heavy atom. The fourth-order valence-corrected chi connectivity index (χ4v) is 6.35. The van der Waals surface area contributed by atoms with Gasteiger partial charge in [-0.2, -0.15) is 0 Å². The lowest BCUT2D eigenvalue weighted by Gasteiger charge is -2.41. The monoisotopic (exact) mass is 881 g/mol. The third kappa shape index (κ3) is 16.9. The Kier molecular flexibility index (Phi) is 26.1. The summed E-state index contributed by atoms with van der Waals surface area (Å²) in [4.78, 5) is 0. The highest BCUT2D eigenvalue weighted by molar-refractivity contribution is 4.94. The van der Waals surface area contributed by atoms with Crippen molar-refractivity contribution in [1.82, 2.24) is 0 Å². The number of hydrogen-bond acceptors (Lipinski definition) is 22. The van der Waals surface area contributed by atoms with Crippen LogP contribution in [0.5, 0.6) is 0 Å². The van der Waals surface area contributed by atoms with E-state index in [4.69, 9.17) is 71.0 Å². The molecule has 0 aromatic rings. The molecule has 22 nitrogen and oxygen atoms in total. The second-order valence-corrected chi connectivity index (χ2v) is 16.3. The molecule has 0 aromatic heterocycles. The van der Waals surface area contributed by atoms with Crippen LogP contribution in [0.2, 0.25) is 0 Å². The summed E-state index contributed by atoms with van der Waals surface area (Å²) in [7, 11) is 0. The molecule has 360 valence electrons. The van der Waals surface area contributed by atoms with Crippen LogP contribution in [0.15, 0.2) is 0 Å². The first-order chi connectivity index (χ1) is 27.9. The highest BCUT2D eigenvalue weighted by Crippen LogP contribution is 2.26. The summed E-state index contributed by atoms with van der Waals surface area (Å²) in [6.07, 6.45) is -13.0. The maximum atomic E-state index is 9.70. The average Bonchev–Trinajstić information content (AvgIpc) is 3.18. The van der Waals surface area contributed by atoms with E-state index < -0.39 is 123 Å². The molecule has 4 heterocycles. The summed E-state index contributed by atoms with van der Waals surface area (Å²) in [5.74, 6) is 0. The van der Waals surface area contributed by atoms with Crippen LogP contribution in [0.1, 0.15) is 82.1 Å². The Hall–Kier alpha value is -0.880. The number of aliphatic hydroxyl groups excluding tert-OH is 10. The van der Waals surface area contributed by atoms with Crippen LogP contribution in [0, 0.1) is 0 Å². The van der Waals surface area contributed by atoms with Crippen molar-refractivity contribution in [3.63, 3.8) is 0 Å². The van der Waals surface area contributed by atoms with E-state index in [1.807, 2.05) is 41.5 Å². The van der Waals surface area contributed by atoms with Crippen LogP contribution < -0.4 is 22.9 Å². The molecular weight excluding hydrogens is 800 g/mol. The van der Waals surface area contributed by atoms with E-state index >= 15 is 0 Å². The topological polar surface area (TPSA) is 380 Å². The lowest BCUT2D eigenvalue weighted by atomic mass is 9.96. The average molecular weight is 881 g/mol. The Labute approximate surface area is 353 Å². The van der Waals surface area contributed by atoms with E-state index in [1.54, 1.807) is 27.7 Å². The lowest BCUT2D eigenvalue weighted by Crippen LogP contribution is -2.62. The van der Waals surface area contributed by atoms with Gasteiger partial charge < -0.3 is 112 Å². The summed E-state index contributed by atoms with van der Waals surface area (Å²) in [5, 5.41) is 94.7. The molecule has 20 atom stereocenters. The zero-order chi connectivity index (χ0) is 46.3. The molecule has 4 aliphatic rings. The Balaban J connectivity index is 0.000000400. The van der Waals surface area contributed by atoms with Gasteiger partial charge in [0.1, 0.15) is 61.0 Å². The Morgan fingerprint density at radius 1 is 0.367 bits per heavy atom. The van der Waals surface area contributed by atoms with Crippen molar-refractivity contribution < 1.29 is 89.0 Å². The fraction of sp³-hybridized carbons (Fsp3) is 1.00. The van der Waals surface area contributed by atoms with Gasteiger partial charge in [0.05, 0.1) is 74.0 Å². The van der Waals surface area contributed by atoms with E-state index in [1.165, 1.54) is 0 Å². The van der Waals surface area contributed by atoms with Crippen LogP contribution in [0.25, 0.3) is 0 Å². The molecule has 0 saturated carbocycles. The van der Waals surface area contributed by atoms with Gasteiger partial charge in [-0.25, -0.2) is 0 Å². The maximum Gasteiger partial charge on any atom is 0.176 e. The van der Waals surface area contributed by atoms with Gasteiger partial charge in [-0.15, -0.1) is 0 Å². The van der Waals surface area contributed by atoms with E-state index in [2.05, 4.69) is 0 Å². The van der Waals surface area contributed by atoms with Gasteiger partial charge in [0.25, 0.3) is 0 Å². The Bertz CT molecular complexity index is 962. The molecule has 0 radical (unpaired) electrons. The first kappa shape index (κ1) is 57.1. The number of rotatable bonds is 12. The van der Waals surface area contributed by atoms with Crippen LogP contribution >= 0.6 is 0 Å². The third-order valence-corrected chi connectivity index (χ3v) is 9.78. The normalized spacial score (nSPS) is 42.2. The van der Waals surface area contributed by atoms with Crippen molar-refractivity contribution in [3.05, 3.63) is 0 Å². The minimum atomic E-state index is -1.18. The molecule has 0 aliphatic carbocycles. The molecule has 0 bridgehead atoms. The molecule has 0 amide bonds. The minimum Gasteiger partial charge on any atom is -0.394 e. The van der Waals surface area contributed by atoms with Gasteiger partial charge in [0.2, 0.25) is 0 Å². The molecule has 22 heteroatoms. The number of ether oxygens (including phenoxy) is 8. The molecule has 4 fully saturated rings. The van der Waals surface area contributed by atoms with Crippen LogP contribution in [-0.4, -0.2) is 211 Å². The van der Waals surface area contributed by atoms with Gasteiger partial charge in [-0.3, -0.25) is 0 Å². The summed E-state index contributed by atoms with van der Waals surface area (Å²) in [6, 6.07) is -3.04. The summed E-state index contributed by atoms with van der Waals surface area (Å²) in [5.41, 5.74) is 22.7. The highest BCUT2D eigenvalue weighted by Gasteiger charge is 2.46. The smallest absolute Gasteiger partial charge is 0.176 e. The summed E-state index contributed by atoms with van der Waals surface area (Å²) >= 11 is 0. The quantitative estimate of drug-likeness (QED) is 0.0879. The molecule has 0 spiro atoms. The third-order valence-electron chi connectivity index (χ3n) is 9.78. The first-order valence-corrected chi connectivity index (χ1v) is 20.8. The van der Waals surface area contributed by atoms with Crippen molar-refractivity contribution in [2.75, 3.05) is 13.2 Å². The van der Waals surface area contributed by atoms with E-state index in [0.717, 1.165) is 0 Å². The van der Waals surface area contributed by atoms with Crippen molar-refractivity contribution in [3.8, 4) is 0 Å². The second kappa shape index (κ2) is 27.4. The molecule has 8 unspecified atom stereocenters. The largest absolute Gasteiger partial charge is 0.394 e. The molecule has 0 aromatic carbocycles. The van der Waals surface area contributed by atoms with Crippen LogP contribution in [-0.2, 0) is 37.9 Å². The predicted octanol–water partition coefficient (Wildman–Crippen LogP) is -4.45. The van der Waals surface area contributed by atoms with Crippen molar-refractivity contribution in [2.24, 2.45) is 22.9 Å². The van der Waals surface area contributed by atoms with Crippen molar-refractivity contribution in [1.29, 1.82) is 0 Å². The van der Waals surface area contributed by atoms with Crippen molar-refractivity contribution in [2.45, 2.75) is 229 Å². The standard InChI is InChI=1S/2C10H21NO4.2C9H19NO5/c2*1-4-6-8(12)9(13)7(11)10(15-6)14-5(2)3;2*1-4(2)14-9-6(10)8(13)7(12)5(3-11)15-9/h2*5-10,12-13H,4,11H2,1-3H3;2*4-9,11-13H,3,10H2,1-2H3/t2*6-,7?,8+,9?,10-;2*5-,6?,7+,8?,9-/m0000/s1. The van der Waals surface area contributed by atoms with E-state index in [9.17, 15) is 40.9 Å². The zero-order valence-corrected chi connectivity index (χ0v) is 36.7. The van der Waals surface area contributed by atoms with E-state index in [-0.39, 0.29) is 37.6 Å². The molecular formula is C38H80N4O18. The lowest BCUT2D eigenvalue weighted by molar-refractivity contribution is -0.274. The number of hydrogen-bond donors (Lipinski definition) is 14. The van der Waals surface area contributed by atoms with Crippen LogP contribution in [0.3, 0.4) is 0 Å². The highest BCUT2D eigenvalue weighted by atomic mass is 16.7. The van der Waals surface area contributed by atoms with E-state index in [0.29, 0.717) is 12.8 Å². The molecule has 4 rings (SSSR count). The number of nitrogens with two attached hydrogens (primary N) is 4. The SMILES string of the molecule is CC(C)O[C@H]1O[C@@H](CO)[C@@H](O)C(O)C1N.CC(C)O[C@H]1O[C@@H](CO)[C@@H](O)C(O)C1N.CC[C@@H]1O[C@H](OC(C)C)C(N)C(O)[C@@H]1O.CC[C@@H]1O[C@H](OC(C)C)C(N)C(O)[C@@H]1O. The van der Waals surface area contributed by atoms with Gasteiger partial charge in [0, 0.05) is 0 Å². The zero-order valence-electron chi connectivity index (χ0n) is 36.7. The van der Waals surface area contributed by atoms with Gasteiger partial charge in [0.15, 0.2) is 25.2 Å². The van der Waals surface area contributed by atoms with Crippen LogP contribution in [0.4, 0.5) is 0 Å². The van der Waals surface area contributed by atoms with Gasteiger partial charge in [-0.05, 0) is 68.2 Å². The fourth-order valence-electron chi connectivity index (χ4n) is 6.35. The molecule has 60 heavy (non-hydrogen) atoms. The molecule has 4 aliphatic heterocycles.